The minimum Gasteiger partial charge on any atom is -0.481 e. The van der Waals surface area contributed by atoms with Crippen molar-refractivity contribution in [2.45, 2.75) is 26.2 Å². The summed E-state index contributed by atoms with van der Waals surface area (Å²) in [5.41, 5.74) is 0. The molecule has 1 saturated carbocycles. The smallest absolute Gasteiger partial charge is 0.307 e. The number of carbonyl (C=O) groups is 2. The lowest BCUT2D eigenvalue weighted by Crippen LogP contribution is -2.35. The molecule has 0 saturated heterocycles. The minimum absolute atomic E-state index is 0.178. The molecule has 15 heavy (non-hydrogen) atoms. The van der Waals surface area contributed by atoms with Crippen LogP contribution < -0.4 is 5.32 Å². The molecule has 4 nitrogen and oxygen atoms in total. The van der Waals surface area contributed by atoms with E-state index in [1.165, 1.54) is 0 Å². The van der Waals surface area contributed by atoms with Crippen LogP contribution in [0.2, 0.25) is 0 Å². The van der Waals surface area contributed by atoms with E-state index in [9.17, 15) is 9.59 Å². The molecule has 2 N–H and O–H groups in total. The Balaban J connectivity index is 2.50. The van der Waals surface area contributed by atoms with Gasteiger partial charge in [-0.05, 0) is 19.8 Å². The Morgan fingerprint density at radius 1 is 1.40 bits per heavy atom. The van der Waals surface area contributed by atoms with E-state index in [1.807, 2.05) is 0 Å². The van der Waals surface area contributed by atoms with E-state index in [0.717, 1.165) is 6.42 Å². The summed E-state index contributed by atoms with van der Waals surface area (Å²) in [6.45, 7) is 2.00. The highest BCUT2D eigenvalue weighted by atomic mass is 16.4. The molecule has 0 aromatic carbocycles. The van der Waals surface area contributed by atoms with Crippen molar-refractivity contribution in [2.24, 2.45) is 11.8 Å². The van der Waals surface area contributed by atoms with Crippen molar-refractivity contribution in [3.05, 3.63) is 0 Å². The molecule has 2 unspecified atom stereocenters. The molecular weight excluding hydrogens is 194 g/mol. The van der Waals surface area contributed by atoms with E-state index in [0.29, 0.717) is 19.4 Å². The van der Waals surface area contributed by atoms with Crippen molar-refractivity contribution in [3.8, 4) is 11.8 Å². The summed E-state index contributed by atoms with van der Waals surface area (Å²) in [7, 11) is 0. The van der Waals surface area contributed by atoms with Gasteiger partial charge in [0.2, 0.25) is 5.91 Å². The van der Waals surface area contributed by atoms with Gasteiger partial charge >= 0.3 is 5.97 Å². The van der Waals surface area contributed by atoms with E-state index < -0.39 is 11.9 Å². The summed E-state index contributed by atoms with van der Waals surface area (Å²) in [5.74, 6) is 3.45. The van der Waals surface area contributed by atoms with Gasteiger partial charge in [-0.25, -0.2) is 0 Å². The molecule has 0 aromatic rings. The zero-order chi connectivity index (χ0) is 11.3. The van der Waals surface area contributed by atoms with Gasteiger partial charge in [-0.15, -0.1) is 5.92 Å². The molecule has 1 rings (SSSR count). The normalized spacial score (nSPS) is 24.1. The fraction of sp³-hybridized carbons (Fsp3) is 0.636. The van der Waals surface area contributed by atoms with Crippen molar-refractivity contribution in [2.75, 3.05) is 6.54 Å². The van der Waals surface area contributed by atoms with Crippen molar-refractivity contribution in [1.29, 1.82) is 0 Å². The van der Waals surface area contributed by atoms with Gasteiger partial charge in [-0.1, -0.05) is 12.3 Å². The Kier molecular flexibility index (Phi) is 4.17. The minimum atomic E-state index is -0.866. The first kappa shape index (κ1) is 11.6. The third kappa shape index (κ3) is 2.98. The van der Waals surface area contributed by atoms with Crippen LogP contribution in [0.5, 0.6) is 0 Å². The second-order valence-corrected chi connectivity index (χ2v) is 3.63. The first-order valence-electron chi connectivity index (χ1n) is 5.07. The number of carboxylic acids is 1. The zero-order valence-corrected chi connectivity index (χ0v) is 8.75. The number of hydrogen-bond acceptors (Lipinski definition) is 2. The molecule has 0 spiro atoms. The average molecular weight is 209 g/mol. The van der Waals surface area contributed by atoms with E-state index in [1.54, 1.807) is 6.92 Å². The molecule has 1 aliphatic rings. The predicted molar refractivity (Wildman–Crippen MR) is 54.9 cm³/mol. The van der Waals surface area contributed by atoms with Crippen molar-refractivity contribution < 1.29 is 14.7 Å². The largest absolute Gasteiger partial charge is 0.481 e. The quantitative estimate of drug-likeness (QED) is 0.670. The lowest BCUT2D eigenvalue weighted by atomic mass is 9.95. The van der Waals surface area contributed by atoms with Gasteiger partial charge in [0.05, 0.1) is 18.4 Å². The lowest BCUT2D eigenvalue weighted by molar-refractivity contribution is -0.146. The molecule has 0 heterocycles. The van der Waals surface area contributed by atoms with Crippen LogP contribution in [-0.4, -0.2) is 23.5 Å². The van der Waals surface area contributed by atoms with E-state index >= 15 is 0 Å². The zero-order valence-electron chi connectivity index (χ0n) is 8.75. The van der Waals surface area contributed by atoms with Crippen LogP contribution in [0.15, 0.2) is 0 Å². The van der Waals surface area contributed by atoms with Crippen LogP contribution in [0, 0.1) is 23.7 Å². The maximum atomic E-state index is 11.6. The Morgan fingerprint density at radius 3 is 2.67 bits per heavy atom. The molecule has 0 bridgehead atoms. The number of amides is 1. The summed E-state index contributed by atoms with van der Waals surface area (Å²) in [5, 5.41) is 11.5. The van der Waals surface area contributed by atoms with Crippen LogP contribution in [0.3, 0.4) is 0 Å². The molecule has 0 radical (unpaired) electrons. The highest BCUT2D eigenvalue weighted by Gasteiger charge is 2.37. The molecule has 1 aliphatic carbocycles. The molecule has 1 amide bonds. The topological polar surface area (TPSA) is 66.4 Å². The number of rotatable bonds is 3. The Morgan fingerprint density at radius 2 is 2.07 bits per heavy atom. The average Bonchev–Trinajstić information content (AvgIpc) is 2.66. The summed E-state index contributed by atoms with van der Waals surface area (Å²) < 4.78 is 0. The first-order valence-corrected chi connectivity index (χ1v) is 5.07. The standard InChI is InChI=1S/C11H15NO3/c1-2-3-7-12-10(13)8-5-4-6-9(8)11(14)15/h8-9H,4-7H2,1H3,(H,12,13)(H,14,15). The van der Waals surface area contributed by atoms with Crippen LogP contribution in [0.25, 0.3) is 0 Å². The Labute approximate surface area is 89.0 Å². The van der Waals surface area contributed by atoms with Gasteiger partial charge in [-0.3, -0.25) is 9.59 Å². The van der Waals surface area contributed by atoms with Crippen LogP contribution >= 0.6 is 0 Å². The molecule has 0 aromatic heterocycles. The van der Waals surface area contributed by atoms with Crippen molar-refractivity contribution >= 4 is 11.9 Å². The fourth-order valence-corrected chi connectivity index (χ4v) is 1.92. The number of nitrogens with one attached hydrogen (secondary N) is 1. The second kappa shape index (κ2) is 5.40. The van der Waals surface area contributed by atoms with Gasteiger partial charge < -0.3 is 10.4 Å². The Hall–Kier alpha value is -1.50. The highest BCUT2D eigenvalue weighted by Crippen LogP contribution is 2.31. The summed E-state index contributed by atoms with van der Waals surface area (Å²) in [6.07, 6.45) is 2.09. The van der Waals surface area contributed by atoms with Crippen molar-refractivity contribution in [1.82, 2.24) is 5.32 Å². The SMILES string of the molecule is CC#CCNC(=O)C1CCCC1C(=O)O. The molecule has 82 valence electrons. The van der Waals surface area contributed by atoms with E-state index in [-0.39, 0.29) is 11.8 Å². The van der Waals surface area contributed by atoms with Crippen LogP contribution in [-0.2, 0) is 9.59 Å². The molecule has 0 aliphatic heterocycles. The number of carbonyl (C=O) groups excluding carboxylic acids is 1. The van der Waals surface area contributed by atoms with Crippen LogP contribution in [0.4, 0.5) is 0 Å². The number of carboxylic acid groups (broad SMARTS) is 1. The number of aliphatic carboxylic acids is 1. The van der Waals surface area contributed by atoms with Crippen LogP contribution in [0.1, 0.15) is 26.2 Å². The molecule has 4 heteroatoms. The van der Waals surface area contributed by atoms with E-state index in [4.69, 9.17) is 5.11 Å². The maximum Gasteiger partial charge on any atom is 0.307 e. The summed E-state index contributed by atoms with van der Waals surface area (Å²) >= 11 is 0. The molecular formula is C11H15NO3. The first-order chi connectivity index (χ1) is 7.16. The molecule has 1 fully saturated rings. The lowest BCUT2D eigenvalue weighted by Gasteiger charge is -2.14. The van der Waals surface area contributed by atoms with Gasteiger partial charge in [-0.2, -0.15) is 0 Å². The third-order valence-corrected chi connectivity index (χ3v) is 2.70. The fourth-order valence-electron chi connectivity index (χ4n) is 1.92. The Bertz CT molecular complexity index is 314. The maximum absolute atomic E-state index is 11.6. The number of hydrogen-bond donors (Lipinski definition) is 2. The highest BCUT2D eigenvalue weighted by molar-refractivity contribution is 5.85. The van der Waals surface area contributed by atoms with E-state index in [2.05, 4.69) is 17.2 Å². The van der Waals surface area contributed by atoms with Gasteiger partial charge in [0.1, 0.15) is 0 Å². The molecule has 2 atom stereocenters. The van der Waals surface area contributed by atoms with Crippen molar-refractivity contribution in [3.63, 3.8) is 0 Å². The van der Waals surface area contributed by atoms with Gasteiger partial charge in [0, 0.05) is 0 Å². The predicted octanol–water partition coefficient (Wildman–Crippen LogP) is 0.627. The second-order valence-electron chi connectivity index (χ2n) is 3.63. The summed E-state index contributed by atoms with van der Waals surface area (Å²) in [4.78, 5) is 22.4. The summed E-state index contributed by atoms with van der Waals surface area (Å²) in [6, 6.07) is 0. The third-order valence-electron chi connectivity index (χ3n) is 2.70. The van der Waals surface area contributed by atoms with Gasteiger partial charge in [0.15, 0.2) is 0 Å². The van der Waals surface area contributed by atoms with Gasteiger partial charge in [0.25, 0.3) is 0 Å². The monoisotopic (exact) mass is 209 g/mol.